The Labute approximate surface area is 124 Å². The number of hydrogen-bond donors (Lipinski definition) is 4. The summed E-state index contributed by atoms with van der Waals surface area (Å²) in [6.45, 7) is 0.325. The highest BCUT2D eigenvalue weighted by molar-refractivity contribution is 7.16. The molecule has 0 bridgehead atoms. The third-order valence-electron chi connectivity index (χ3n) is 2.29. The molecule has 0 aliphatic carbocycles. The van der Waals surface area contributed by atoms with E-state index >= 15 is 0 Å². The van der Waals surface area contributed by atoms with Crippen molar-refractivity contribution in [2.45, 2.75) is 18.9 Å². The molecule has 110 valence electrons. The van der Waals surface area contributed by atoms with Crippen LogP contribution in [-0.2, 0) is 16.0 Å². The number of thiophene rings is 1. The maximum absolute atomic E-state index is 11.5. The lowest BCUT2D eigenvalue weighted by atomic mass is 10.2. The van der Waals surface area contributed by atoms with Gasteiger partial charge in [-0.1, -0.05) is 11.6 Å². The predicted molar refractivity (Wildman–Crippen MR) is 74.8 cm³/mol. The van der Waals surface area contributed by atoms with E-state index in [0.29, 0.717) is 17.3 Å². The van der Waals surface area contributed by atoms with Crippen LogP contribution in [-0.4, -0.2) is 35.6 Å². The molecule has 0 spiro atoms. The zero-order chi connectivity index (χ0) is 15.1. The van der Waals surface area contributed by atoms with Crippen LogP contribution in [0, 0.1) is 0 Å². The standard InChI is InChI=1S/C11H14ClN3O4S/c12-8-2-1-6(20-8)3-4-14-11(19)15-7(10(17)18)5-9(13)16/h1-2,7H,3-5H2,(H2,13,16)(H,17,18)(H2,14,15,19). The number of primary amides is 1. The lowest BCUT2D eigenvalue weighted by Gasteiger charge is -2.13. The number of halogens is 1. The van der Waals surface area contributed by atoms with Gasteiger partial charge in [0.25, 0.3) is 0 Å². The number of nitrogens with two attached hydrogens (primary N) is 1. The third kappa shape index (κ3) is 5.89. The largest absolute Gasteiger partial charge is 0.480 e. The summed E-state index contributed by atoms with van der Waals surface area (Å²) in [6.07, 6.45) is 0.127. The fraction of sp³-hybridized carbons (Fsp3) is 0.364. The predicted octanol–water partition coefficient (Wildman–Crippen LogP) is 0.572. The van der Waals surface area contributed by atoms with Crippen molar-refractivity contribution < 1.29 is 19.5 Å². The highest BCUT2D eigenvalue weighted by Gasteiger charge is 2.21. The van der Waals surface area contributed by atoms with Crippen LogP contribution in [0.25, 0.3) is 0 Å². The Bertz CT molecular complexity index is 506. The summed E-state index contributed by atoms with van der Waals surface area (Å²) < 4.78 is 0.664. The maximum Gasteiger partial charge on any atom is 0.326 e. The van der Waals surface area contributed by atoms with Crippen molar-refractivity contribution in [2.24, 2.45) is 5.73 Å². The molecule has 0 aliphatic heterocycles. The van der Waals surface area contributed by atoms with Gasteiger partial charge >= 0.3 is 12.0 Å². The molecule has 1 aromatic heterocycles. The monoisotopic (exact) mass is 319 g/mol. The van der Waals surface area contributed by atoms with Crippen molar-refractivity contribution in [3.05, 3.63) is 21.3 Å². The average molecular weight is 320 g/mol. The highest BCUT2D eigenvalue weighted by atomic mass is 35.5. The van der Waals surface area contributed by atoms with Crippen LogP contribution < -0.4 is 16.4 Å². The van der Waals surface area contributed by atoms with E-state index < -0.39 is 30.4 Å². The third-order valence-corrected chi connectivity index (χ3v) is 3.59. The Hall–Kier alpha value is -1.80. The molecule has 1 atom stereocenters. The Morgan fingerprint density at radius 3 is 2.60 bits per heavy atom. The fourth-order valence-corrected chi connectivity index (χ4v) is 2.48. The van der Waals surface area contributed by atoms with Gasteiger partial charge in [-0.3, -0.25) is 4.79 Å². The summed E-state index contributed by atoms with van der Waals surface area (Å²) >= 11 is 7.17. The van der Waals surface area contributed by atoms with E-state index in [2.05, 4.69) is 10.6 Å². The van der Waals surface area contributed by atoms with Crippen LogP contribution in [0.1, 0.15) is 11.3 Å². The molecule has 0 radical (unpaired) electrons. The summed E-state index contributed by atoms with van der Waals surface area (Å²) in [5, 5.41) is 13.5. The Morgan fingerprint density at radius 2 is 2.10 bits per heavy atom. The van der Waals surface area contributed by atoms with Crippen molar-refractivity contribution >= 4 is 40.8 Å². The van der Waals surface area contributed by atoms with E-state index in [-0.39, 0.29) is 0 Å². The minimum Gasteiger partial charge on any atom is -0.480 e. The molecule has 0 saturated heterocycles. The summed E-state index contributed by atoms with van der Waals surface area (Å²) in [5.74, 6) is -2.12. The molecule has 1 heterocycles. The van der Waals surface area contributed by atoms with Gasteiger partial charge in [-0.05, 0) is 18.6 Å². The maximum atomic E-state index is 11.5. The molecule has 0 aliphatic rings. The molecule has 9 heteroatoms. The second-order valence-electron chi connectivity index (χ2n) is 3.92. The number of rotatable bonds is 7. The number of amides is 3. The molecule has 5 N–H and O–H groups in total. The Balaban J connectivity index is 2.34. The summed E-state index contributed by atoms with van der Waals surface area (Å²) in [5.41, 5.74) is 4.90. The van der Waals surface area contributed by atoms with Crippen molar-refractivity contribution in [3.63, 3.8) is 0 Å². The lowest BCUT2D eigenvalue weighted by Crippen LogP contribution is -2.48. The SMILES string of the molecule is NC(=O)CC(NC(=O)NCCc1ccc(Cl)s1)C(=O)O. The van der Waals surface area contributed by atoms with Gasteiger partial charge in [-0.25, -0.2) is 9.59 Å². The zero-order valence-corrected chi connectivity index (χ0v) is 12.0. The topological polar surface area (TPSA) is 122 Å². The first-order chi connectivity index (χ1) is 9.38. The minimum atomic E-state index is -1.33. The number of carbonyl (C=O) groups is 3. The second-order valence-corrected chi connectivity index (χ2v) is 5.72. The average Bonchev–Trinajstić information content (AvgIpc) is 2.73. The number of aliphatic carboxylic acids is 1. The first kappa shape index (κ1) is 16.3. The van der Waals surface area contributed by atoms with Gasteiger partial charge in [0.2, 0.25) is 5.91 Å². The first-order valence-corrected chi connectivity index (χ1v) is 6.87. The van der Waals surface area contributed by atoms with E-state index in [1.165, 1.54) is 11.3 Å². The zero-order valence-electron chi connectivity index (χ0n) is 10.4. The number of nitrogens with one attached hydrogen (secondary N) is 2. The smallest absolute Gasteiger partial charge is 0.326 e. The van der Waals surface area contributed by atoms with Crippen LogP contribution in [0.15, 0.2) is 12.1 Å². The quantitative estimate of drug-likeness (QED) is 0.587. The van der Waals surface area contributed by atoms with Gasteiger partial charge in [0.05, 0.1) is 10.8 Å². The van der Waals surface area contributed by atoms with Crippen LogP contribution in [0.4, 0.5) is 4.79 Å². The Morgan fingerprint density at radius 1 is 1.40 bits per heavy atom. The first-order valence-electron chi connectivity index (χ1n) is 5.68. The van der Waals surface area contributed by atoms with Gasteiger partial charge in [-0.15, -0.1) is 11.3 Å². The van der Waals surface area contributed by atoms with Crippen molar-refractivity contribution in [3.8, 4) is 0 Å². The summed E-state index contributed by atoms with van der Waals surface area (Å²) in [7, 11) is 0. The van der Waals surface area contributed by atoms with E-state index in [0.717, 1.165) is 4.88 Å². The molecule has 20 heavy (non-hydrogen) atoms. The van der Waals surface area contributed by atoms with Gasteiger partial charge < -0.3 is 21.5 Å². The number of carboxylic acids is 1. The van der Waals surface area contributed by atoms with Crippen LogP contribution in [0.2, 0.25) is 4.34 Å². The van der Waals surface area contributed by atoms with E-state index in [1.54, 1.807) is 6.07 Å². The van der Waals surface area contributed by atoms with Gasteiger partial charge in [0.15, 0.2) is 0 Å². The molecule has 0 fully saturated rings. The van der Waals surface area contributed by atoms with Crippen LogP contribution in [0.3, 0.4) is 0 Å². The van der Waals surface area contributed by atoms with Gasteiger partial charge in [-0.2, -0.15) is 0 Å². The second kappa shape index (κ2) is 7.71. The molecule has 0 saturated carbocycles. The molecule has 1 unspecified atom stereocenters. The number of urea groups is 1. The van der Waals surface area contributed by atoms with Crippen LogP contribution >= 0.6 is 22.9 Å². The van der Waals surface area contributed by atoms with Crippen molar-refractivity contribution in [2.75, 3.05) is 6.54 Å². The number of carboxylic acid groups (broad SMARTS) is 1. The Kier molecular flexibility index (Phi) is 6.26. The number of carbonyl (C=O) groups excluding carboxylic acids is 2. The van der Waals surface area contributed by atoms with Gasteiger partial charge in [0, 0.05) is 11.4 Å². The van der Waals surface area contributed by atoms with E-state index in [9.17, 15) is 14.4 Å². The molecular formula is C11H14ClN3O4S. The molecule has 7 nitrogen and oxygen atoms in total. The van der Waals surface area contributed by atoms with Crippen LogP contribution in [0.5, 0.6) is 0 Å². The minimum absolute atomic E-state index is 0.325. The number of hydrogen-bond acceptors (Lipinski definition) is 4. The van der Waals surface area contributed by atoms with Crippen molar-refractivity contribution in [1.82, 2.24) is 10.6 Å². The molecular weight excluding hydrogens is 306 g/mol. The molecule has 1 rings (SSSR count). The molecule has 1 aromatic rings. The normalized spacial score (nSPS) is 11.7. The summed E-state index contributed by atoms with van der Waals surface area (Å²) in [4.78, 5) is 34.0. The summed E-state index contributed by atoms with van der Waals surface area (Å²) in [6, 6.07) is 1.61. The van der Waals surface area contributed by atoms with Crippen molar-refractivity contribution in [1.29, 1.82) is 0 Å². The lowest BCUT2D eigenvalue weighted by molar-refractivity contribution is -0.140. The van der Waals surface area contributed by atoms with E-state index in [1.807, 2.05) is 6.07 Å². The fourth-order valence-electron chi connectivity index (χ4n) is 1.40. The molecule has 3 amide bonds. The highest BCUT2D eigenvalue weighted by Crippen LogP contribution is 2.21. The molecule has 0 aromatic carbocycles. The van der Waals surface area contributed by atoms with E-state index in [4.69, 9.17) is 22.4 Å². The van der Waals surface area contributed by atoms with Gasteiger partial charge in [0.1, 0.15) is 6.04 Å².